The maximum atomic E-state index is 13.0. The lowest BCUT2D eigenvalue weighted by atomic mass is 9.96. The molecule has 2 aromatic heterocycles. The second-order valence-corrected chi connectivity index (χ2v) is 9.70. The van der Waals surface area contributed by atoms with Gasteiger partial charge in [-0.3, -0.25) is 9.78 Å². The molecule has 3 heterocycles. The first-order valence-corrected chi connectivity index (χ1v) is 13.0. The molecule has 8 heteroatoms. The van der Waals surface area contributed by atoms with Crippen molar-refractivity contribution in [3.8, 4) is 11.4 Å². The second kappa shape index (κ2) is 11.1. The Hall–Kier alpha value is -4.17. The topological polar surface area (TPSA) is 71.4 Å². The zero-order chi connectivity index (χ0) is 26.6. The van der Waals surface area contributed by atoms with Crippen LogP contribution in [-0.4, -0.2) is 39.1 Å². The van der Waals surface area contributed by atoms with Crippen LogP contribution in [0.1, 0.15) is 41.1 Å². The van der Waals surface area contributed by atoms with Gasteiger partial charge in [-0.1, -0.05) is 36.4 Å². The van der Waals surface area contributed by atoms with E-state index < -0.39 is 0 Å². The Morgan fingerprint density at radius 2 is 1.79 bits per heavy atom. The molecule has 1 aliphatic rings. The van der Waals surface area contributed by atoms with Gasteiger partial charge in [0.25, 0.3) is 0 Å². The van der Waals surface area contributed by atoms with E-state index >= 15 is 0 Å². The van der Waals surface area contributed by atoms with E-state index in [0.717, 1.165) is 28.3 Å². The number of carbonyl (C=O) groups is 1. The van der Waals surface area contributed by atoms with Crippen molar-refractivity contribution in [1.82, 2.24) is 19.8 Å². The molecule has 0 radical (unpaired) electrons. The van der Waals surface area contributed by atoms with Crippen LogP contribution in [0.15, 0.2) is 85.1 Å². The van der Waals surface area contributed by atoms with Gasteiger partial charge < -0.3 is 24.8 Å². The van der Waals surface area contributed by atoms with E-state index in [0.29, 0.717) is 23.1 Å². The standard InChI is InChI=1S/C30H31N5O2S/c1-20-19-23(21(2)35(20)22-11-5-4-6-12-22)29-28(25-14-9-10-17-31-25)33-30(38)34(29)18-16-27(36)32-24-13-7-8-15-26(24)37-3/h4-15,17,19,28-29H,16,18H2,1-3H3,(H,32,36)(H,33,38)/t28-,29+/m0/s1. The molecule has 0 bridgehead atoms. The maximum absolute atomic E-state index is 13.0. The minimum atomic E-state index is -0.147. The van der Waals surface area contributed by atoms with E-state index in [9.17, 15) is 4.79 Å². The molecular weight excluding hydrogens is 494 g/mol. The van der Waals surface area contributed by atoms with Crippen LogP contribution >= 0.6 is 12.2 Å². The maximum Gasteiger partial charge on any atom is 0.226 e. The minimum Gasteiger partial charge on any atom is -0.495 e. The van der Waals surface area contributed by atoms with Gasteiger partial charge in [0.05, 0.1) is 30.6 Å². The largest absolute Gasteiger partial charge is 0.495 e. The van der Waals surface area contributed by atoms with Crippen LogP contribution in [0.2, 0.25) is 0 Å². The number of anilines is 1. The van der Waals surface area contributed by atoms with Gasteiger partial charge in [0, 0.05) is 36.2 Å². The molecule has 38 heavy (non-hydrogen) atoms. The molecule has 2 atom stereocenters. The zero-order valence-electron chi connectivity index (χ0n) is 21.7. The van der Waals surface area contributed by atoms with E-state index in [-0.39, 0.29) is 24.4 Å². The summed E-state index contributed by atoms with van der Waals surface area (Å²) in [6, 6.07) is 25.6. The summed E-state index contributed by atoms with van der Waals surface area (Å²) in [5.74, 6) is 0.521. The third-order valence-electron chi connectivity index (χ3n) is 6.96. The van der Waals surface area contributed by atoms with E-state index in [1.807, 2.05) is 60.7 Å². The van der Waals surface area contributed by atoms with Gasteiger partial charge in [-0.15, -0.1) is 0 Å². The van der Waals surface area contributed by atoms with Crippen molar-refractivity contribution < 1.29 is 9.53 Å². The lowest BCUT2D eigenvalue weighted by Crippen LogP contribution is -2.33. The Morgan fingerprint density at radius 3 is 2.53 bits per heavy atom. The van der Waals surface area contributed by atoms with E-state index in [1.165, 1.54) is 0 Å². The molecule has 7 nitrogen and oxygen atoms in total. The molecule has 4 aromatic rings. The fourth-order valence-corrected chi connectivity index (χ4v) is 5.56. The monoisotopic (exact) mass is 525 g/mol. The smallest absolute Gasteiger partial charge is 0.226 e. The molecule has 2 aromatic carbocycles. The number of aryl methyl sites for hydroxylation is 1. The first kappa shape index (κ1) is 25.5. The average molecular weight is 526 g/mol. The summed E-state index contributed by atoms with van der Waals surface area (Å²) in [6.45, 7) is 4.71. The first-order chi connectivity index (χ1) is 18.5. The average Bonchev–Trinajstić information content (AvgIpc) is 3.42. The summed E-state index contributed by atoms with van der Waals surface area (Å²) in [6.07, 6.45) is 2.07. The summed E-state index contributed by atoms with van der Waals surface area (Å²) >= 11 is 5.82. The Kier molecular flexibility index (Phi) is 7.42. The number of carbonyl (C=O) groups excluding carboxylic acids is 1. The van der Waals surface area contributed by atoms with Crippen molar-refractivity contribution in [2.24, 2.45) is 0 Å². The molecule has 0 unspecified atom stereocenters. The third-order valence-corrected chi connectivity index (χ3v) is 7.31. The predicted octanol–water partition coefficient (Wildman–Crippen LogP) is 5.50. The molecule has 5 rings (SSSR count). The Labute approximate surface area is 228 Å². The highest BCUT2D eigenvalue weighted by Crippen LogP contribution is 2.41. The van der Waals surface area contributed by atoms with Crippen molar-refractivity contribution >= 4 is 28.9 Å². The van der Waals surface area contributed by atoms with Gasteiger partial charge in [0.1, 0.15) is 5.75 Å². The lowest BCUT2D eigenvalue weighted by Gasteiger charge is -2.28. The molecule has 194 valence electrons. The van der Waals surface area contributed by atoms with Gasteiger partial charge in [-0.2, -0.15) is 0 Å². The molecule has 1 aliphatic heterocycles. The number of benzene rings is 2. The number of hydrogen-bond donors (Lipinski definition) is 2. The third kappa shape index (κ3) is 4.99. The van der Waals surface area contributed by atoms with Crippen molar-refractivity contribution in [3.63, 3.8) is 0 Å². The van der Waals surface area contributed by atoms with Crippen LogP contribution in [0.4, 0.5) is 5.69 Å². The summed E-state index contributed by atoms with van der Waals surface area (Å²) in [5.41, 5.74) is 6.09. The van der Waals surface area contributed by atoms with Crippen LogP contribution in [0.5, 0.6) is 5.75 Å². The van der Waals surface area contributed by atoms with E-state index in [4.69, 9.17) is 17.0 Å². The Bertz CT molecular complexity index is 1440. The Morgan fingerprint density at radius 1 is 1.05 bits per heavy atom. The predicted molar refractivity (Wildman–Crippen MR) is 154 cm³/mol. The number of ether oxygens (including phenoxy) is 1. The SMILES string of the molecule is COc1ccccc1NC(=O)CCN1C(=S)N[C@@H](c2ccccn2)[C@H]1c1cc(C)n(-c2ccccc2)c1C. The van der Waals surface area contributed by atoms with E-state index in [2.05, 4.69) is 57.1 Å². The quantitative estimate of drug-likeness (QED) is 0.296. The highest BCUT2D eigenvalue weighted by atomic mass is 32.1. The molecule has 1 saturated heterocycles. The van der Waals surface area contributed by atoms with Crippen LogP contribution < -0.4 is 15.4 Å². The van der Waals surface area contributed by atoms with Crippen LogP contribution in [0.3, 0.4) is 0 Å². The van der Waals surface area contributed by atoms with Gasteiger partial charge in [-0.05, 0) is 74.1 Å². The minimum absolute atomic E-state index is 0.105. The highest BCUT2D eigenvalue weighted by molar-refractivity contribution is 7.80. The molecule has 0 spiro atoms. The van der Waals surface area contributed by atoms with Crippen molar-refractivity contribution in [3.05, 3.63) is 108 Å². The highest BCUT2D eigenvalue weighted by Gasteiger charge is 2.41. The zero-order valence-corrected chi connectivity index (χ0v) is 22.5. The van der Waals surface area contributed by atoms with Gasteiger partial charge in [0.15, 0.2) is 5.11 Å². The number of amides is 1. The first-order valence-electron chi connectivity index (χ1n) is 12.6. The number of thiocarbonyl (C=S) groups is 1. The Balaban J connectivity index is 1.45. The van der Waals surface area contributed by atoms with Gasteiger partial charge in [0.2, 0.25) is 5.91 Å². The number of para-hydroxylation sites is 3. The number of pyridine rings is 1. The molecule has 1 amide bonds. The number of rotatable bonds is 8. The van der Waals surface area contributed by atoms with E-state index in [1.54, 1.807) is 13.3 Å². The fourth-order valence-electron chi connectivity index (χ4n) is 5.23. The van der Waals surface area contributed by atoms with Crippen molar-refractivity contribution in [2.45, 2.75) is 32.4 Å². The van der Waals surface area contributed by atoms with Crippen LogP contribution in [-0.2, 0) is 4.79 Å². The molecule has 2 N–H and O–H groups in total. The van der Waals surface area contributed by atoms with Gasteiger partial charge >= 0.3 is 0 Å². The molecule has 1 fully saturated rings. The second-order valence-electron chi connectivity index (χ2n) is 9.32. The fraction of sp³-hybridized carbons (Fsp3) is 0.233. The van der Waals surface area contributed by atoms with Crippen LogP contribution in [0, 0.1) is 13.8 Å². The number of nitrogens with one attached hydrogen (secondary N) is 2. The van der Waals surface area contributed by atoms with Crippen LogP contribution in [0.25, 0.3) is 5.69 Å². The van der Waals surface area contributed by atoms with Gasteiger partial charge in [-0.25, -0.2) is 0 Å². The summed E-state index contributed by atoms with van der Waals surface area (Å²) in [7, 11) is 1.59. The normalized spacial score (nSPS) is 16.8. The number of hydrogen-bond acceptors (Lipinski definition) is 4. The summed E-state index contributed by atoms with van der Waals surface area (Å²) in [5, 5.41) is 7.07. The van der Waals surface area contributed by atoms with Crippen molar-refractivity contribution in [2.75, 3.05) is 19.0 Å². The lowest BCUT2D eigenvalue weighted by molar-refractivity contribution is -0.116. The summed E-state index contributed by atoms with van der Waals surface area (Å²) in [4.78, 5) is 19.7. The summed E-state index contributed by atoms with van der Waals surface area (Å²) < 4.78 is 7.64. The molecular formula is C30H31N5O2S. The van der Waals surface area contributed by atoms with Crippen molar-refractivity contribution in [1.29, 1.82) is 0 Å². The molecule has 0 saturated carbocycles. The number of aromatic nitrogens is 2. The number of methoxy groups -OCH3 is 1. The molecule has 0 aliphatic carbocycles. The number of nitrogens with zero attached hydrogens (tertiary/aromatic N) is 3.